The van der Waals surface area contributed by atoms with Crippen molar-refractivity contribution in [3.63, 3.8) is 0 Å². The largest absolute Gasteiger partial charge is 0.870 e. The fraction of sp³-hybridized carbons (Fsp3) is 0.571. The standard InChI is InChI=1S/C14H24NO2.H2O/c1-11-6-7-12(2)14(8-11)17-10-13(16)9-15(3,4)5;/h6-8,13,16H,9-10H2,1-5H3;1H2/q+1;/p-1. The molecule has 0 radical (unpaired) electrons. The zero-order valence-electron chi connectivity index (χ0n) is 12.0. The minimum absolute atomic E-state index is 0. The van der Waals surface area contributed by atoms with Crippen LogP contribution in [0.5, 0.6) is 5.75 Å². The number of rotatable bonds is 5. The highest BCUT2D eigenvalue weighted by Crippen LogP contribution is 2.19. The van der Waals surface area contributed by atoms with Crippen LogP contribution in [-0.2, 0) is 0 Å². The second-order valence-electron chi connectivity index (χ2n) is 5.71. The molecule has 0 aliphatic rings. The third-order valence-electron chi connectivity index (χ3n) is 2.53. The van der Waals surface area contributed by atoms with Gasteiger partial charge in [-0.15, -0.1) is 0 Å². The zero-order valence-corrected chi connectivity index (χ0v) is 12.0. The van der Waals surface area contributed by atoms with Crippen molar-refractivity contribution in [2.24, 2.45) is 0 Å². The number of benzene rings is 1. The lowest BCUT2D eigenvalue weighted by Gasteiger charge is -2.26. The van der Waals surface area contributed by atoms with E-state index < -0.39 is 6.10 Å². The summed E-state index contributed by atoms with van der Waals surface area (Å²) >= 11 is 0. The van der Waals surface area contributed by atoms with Gasteiger partial charge < -0.3 is 19.8 Å². The van der Waals surface area contributed by atoms with E-state index in [0.717, 1.165) is 15.8 Å². The molecule has 1 unspecified atom stereocenters. The van der Waals surface area contributed by atoms with Gasteiger partial charge >= 0.3 is 0 Å². The van der Waals surface area contributed by atoms with E-state index in [1.54, 1.807) is 0 Å². The molecule has 1 atom stereocenters. The molecular formula is C14H25NO3. The minimum Gasteiger partial charge on any atom is -0.870 e. The Balaban J connectivity index is 0.00000289. The molecule has 0 aromatic heterocycles. The van der Waals surface area contributed by atoms with Gasteiger partial charge in [0.15, 0.2) is 0 Å². The molecule has 0 heterocycles. The average molecular weight is 255 g/mol. The molecule has 18 heavy (non-hydrogen) atoms. The maximum atomic E-state index is 9.87. The minimum atomic E-state index is -0.435. The Hall–Kier alpha value is -1.10. The van der Waals surface area contributed by atoms with Gasteiger partial charge in [-0.2, -0.15) is 0 Å². The lowest BCUT2D eigenvalue weighted by molar-refractivity contribution is -0.873. The maximum Gasteiger partial charge on any atom is 0.137 e. The molecule has 2 N–H and O–H groups in total. The monoisotopic (exact) mass is 255 g/mol. The maximum absolute atomic E-state index is 9.87. The highest BCUT2D eigenvalue weighted by atomic mass is 16.5. The fourth-order valence-corrected chi connectivity index (χ4v) is 1.73. The van der Waals surface area contributed by atoms with Crippen molar-refractivity contribution in [1.82, 2.24) is 0 Å². The Morgan fingerprint density at radius 1 is 1.22 bits per heavy atom. The molecule has 1 rings (SSSR count). The van der Waals surface area contributed by atoms with Gasteiger partial charge in [0.25, 0.3) is 0 Å². The molecule has 0 bridgehead atoms. The summed E-state index contributed by atoms with van der Waals surface area (Å²) in [5, 5.41) is 9.87. The van der Waals surface area contributed by atoms with Crippen LogP contribution in [0, 0.1) is 13.8 Å². The van der Waals surface area contributed by atoms with E-state index in [1.165, 1.54) is 5.56 Å². The molecule has 0 saturated carbocycles. The third-order valence-corrected chi connectivity index (χ3v) is 2.53. The number of aliphatic hydroxyl groups excluding tert-OH is 1. The topological polar surface area (TPSA) is 59.5 Å². The number of aryl methyl sites for hydroxylation is 2. The van der Waals surface area contributed by atoms with E-state index in [2.05, 4.69) is 27.2 Å². The molecule has 0 aliphatic carbocycles. The van der Waals surface area contributed by atoms with E-state index in [4.69, 9.17) is 4.74 Å². The van der Waals surface area contributed by atoms with Crippen LogP contribution in [0.15, 0.2) is 18.2 Å². The van der Waals surface area contributed by atoms with E-state index >= 15 is 0 Å². The Labute approximate surface area is 110 Å². The second kappa shape index (κ2) is 6.73. The number of nitrogens with zero attached hydrogens (tertiary/aromatic N) is 1. The van der Waals surface area contributed by atoms with Crippen LogP contribution in [-0.4, -0.2) is 55.5 Å². The first-order valence-electron chi connectivity index (χ1n) is 5.96. The summed E-state index contributed by atoms with van der Waals surface area (Å²) in [5.74, 6) is 0.866. The van der Waals surface area contributed by atoms with Crippen LogP contribution in [0.3, 0.4) is 0 Å². The van der Waals surface area contributed by atoms with Crippen molar-refractivity contribution in [3.05, 3.63) is 29.3 Å². The Bertz CT molecular complexity index is 372. The van der Waals surface area contributed by atoms with Crippen molar-refractivity contribution >= 4 is 0 Å². The number of hydrogen-bond acceptors (Lipinski definition) is 3. The molecule has 104 valence electrons. The molecule has 0 saturated heterocycles. The summed E-state index contributed by atoms with van der Waals surface area (Å²) in [5.41, 5.74) is 2.28. The van der Waals surface area contributed by atoms with Gasteiger partial charge in [-0.1, -0.05) is 12.1 Å². The van der Waals surface area contributed by atoms with Crippen LogP contribution >= 0.6 is 0 Å². The molecular weight excluding hydrogens is 230 g/mol. The number of hydrogen-bond donors (Lipinski definition) is 1. The van der Waals surface area contributed by atoms with Gasteiger partial charge in [-0.3, -0.25) is 0 Å². The Kier molecular flexibility index (Phi) is 6.32. The van der Waals surface area contributed by atoms with E-state index in [9.17, 15) is 5.11 Å². The van der Waals surface area contributed by atoms with Crippen molar-refractivity contribution in [3.8, 4) is 5.75 Å². The van der Waals surface area contributed by atoms with Crippen LogP contribution in [0.4, 0.5) is 0 Å². The van der Waals surface area contributed by atoms with Crippen molar-refractivity contribution in [2.45, 2.75) is 20.0 Å². The van der Waals surface area contributed by atoms with Gasteiger partial charge in [0, 0.05) is 0 Å². The van der Waals surface area contributed by atoms with Crippen LogP contribution < -0.4 is 4.74 Å². The van der Waals surface area contributed by atoms with Gasteiger partial charge in [-0.25, -0.2) is 0 Å². The van der Waals surface area contributed by atoms with Gasteiger partial charge in [-0.05, 0) is 31.0 Å². The molecule has 0 amide bonds. The summed E-state index contributed by atoms with van der Waals surface area (Å²) in [6.45, 7) is 5.08. The summed E-state index contributed by atoms with van der Waals surface area (Å²) in [6, 6.07) is 6.11. The van der Waals surface area contributed by atoms with Crippen molar-refractivity contribution in [1.29, 1.82) is 0 Å². The predicted molar refractivity (Wildman–Crippen MR) is 72.3 cm³/mol. The quantitative estimate of drug-likeness (QED) is 0.812. The van der Waals surface area contributed by atoms with E-state index in [1.807, 2.05) is 26.0 Å². The van der Waals surface area contributed by atoms with E-state index in [-0.39, 0.29) is 5.48 Å². The van der Waals surface area contributed by atoms with Gasteiger partial charge in [0.05, 0.1) is 21.1 Å². The van der Waals surface area contributed by atoms with Crippen LogP contribution in [0.1, 0.15) is 11.1 Å². The summed E-state index contributed by atoms with van der Waals surface area (Å²) in [4.78, 5) is 0. The third kappa shape index (κ3) is 6.00. The lowest BCUT2D eigenvalue weighted by atomic mass is 10.1. The molecule has 4 nitrogen and oxygen atoms in total. The zero-order chi connectivity index (χ0) is 13.1. The summed E-state index contributed by atoms with van der Waals surface area (Å²) < 4.78 is 6.40. The predicted octanol–water partition coefficient (Wildman–Crippen LogP) is 1.57. The number of ether oxygens (including phenoxy) is 1. The van der Waals surface area contributed by atoms with Gasteiger partial charge in [0.2, 0.25) is 0 Å². The smallest absolute Gasteiger partial charge is 0.137 e. The molecule has 4 heteroatoms. The SMILES string of the molecule is Cc1ccc(C)c(OCC(O)C[N+](C)(C)C)c1.[OH-]. The Morgan fingerprint density at radius 2 is 1.83 bits per heavy atom. The highest BCUT2D eigenvalue weighted by molar-refractivity contribution is 5.35. The Morgan fingerprint density at radius 3 is 2.39 bits per heavy atom. The highest BCUT2D eigenvalue weighted by Gasteiger charge is 2.16. The molecule has 0 spiro atoms. The number of aliphatic hydroxyl groups is 1. The second-order valence-corrected chi connectivity index (χ2v) is 5.71. The molecule has 0 fully saturated rings. The van der Waals surface area contributed by atoms with E-state index in [0.29, 0.717) is 13.2 Å². The molecule has 1 aromatic carbocycles. The molecule has 0 aliphatic heterocycles. The van der Waals surface area contributed by atoms with Gasteiger partial charge in [0.1, 0.15) is 25.0 Å². The summed E-state index contributed by atoms with van der Waals surface area (Å²) in [7, 11) is 6.17. The first kappa shape index (κ1) is 16.9. The van der Waals surface area contributed by atoms with Crippen molar-refractivity contribution in [2.75, 3.05) is 34.3 Å². The van der Waals surface area contributed by atoms with Crippen LogP contribution in [0.2, 0.25) is 0 Å². The summed E-state index contributed by atoms with van der Waals surface area (Å²) in [6.07, 6.45) is -0.435. The first-order chi connectivity index (χ1) is 7.78. The van der Waals surface area contributed by atoms with Crippen molar-refractivity contribution < 1.29 is 19.8 Å². The number of likely N-dealkylation sites (N-methyl/N-ethyl adjacent to an activating group) is 1. The first-order valence-corrected chi connectivity index (χ1v) is 5.96. The lowest BCUT2D eigenvalue weighted by Crippen LogP contribution is -2.43. The molecule has 1 aromatic rings. The normalized spacial score (nSPS) is 12.8. The van der Waals surface area contributed by atoms with Crippen LogP contribution in [0.25, 0.3) is 0 Å². The fourth-order valence-electron chi connectivity index (χ4n) is 1.73. The number of quaternary nitrogens is 1. The average Bonchev–Trinajstić information content (AvgIpc) is 2.17.